The molecule has 5 nitrogen and oxygen atoms in total. The third kappa shape index (κ3) is 3.73. The van der Waals surface area contributed by atoms with E-state index in [1.54, 1.807) is 4.90 Å². The van der Waals surface area contributed by atoms with Crippen LogP contribution in [0.25, 0.3) is 0 Å². The molecule has 0 unspecified atom stereocenters. The number of hydrogen-bond donors (Lipinski definition) is 0. The standard InChI is InChI=1S/C7H14N2O3S/c1-13(2,11)8-7(10)9-3-5-12-6-4-9/h3-6H2,1-2H3. The molecule has 1 aliphatic heterocycles. The zero-order valence-electron chi connectivity index (χ0n) is 7.86. The molecule has 0 atom stereocenters. The molecule has 0 N–H and O–H groups in total. The van der Waals surface area contributed by atoms with Crippen LogP contribution in [0.1, 0.15) is 0 Å². The molecule has 0 spiro atoms. The van der Waals surface area contributed by atoms with Crippen LogP contribution in [-0.2, 0) is 14.5 Å². The van der Waals surface area contributed by atoms with E-state index in [1.165, 1.54) is 12.5 Å². The fourth-order valence-electron chi connectivity index (χ4n) is 1.00. The average Bonchev–Trinajstić information content (AvgIpc) is 2.03. The Balaban J connectivity index is 2.62. The number of carbonyl (C=O) groups excluding carboxylic acids is 1. The van der Waals surface area contributed by atoms with Gasteiger partial charge in [-0.2, -0.15) is 0 Å². The van der Waals surface area contributed by atoms with Gasteiger partial charge in [-0.25, -0.2) is 9.00 Å². The summed E-state index contributed by atoms with van der Waals surface area (Å²) in [6.07, 6.45) is 2.90. The first-order valence-corrected chi connectivity index (χ1v) is 6.36. The summed E-state index contributed by atoms with van der Waals surface area (Å²) in [5.74, 6) is 0. The smallest absolute Gasteiger partial charge is 0.351 e. The summed E-state index contributed by atoms with van der Waals surface area (Å²) >= 11 is 0. The van der Waals surface area contributed by atoms with E-state index >= 15 is 0 Å². The van der Waals surface area contributed by atoms with E-state index in [4.69, 9.17) is 4.74 Å². The Morgan fingerprint density at radius 1 is 1.38 bits per heavy atom. The lowest BCUT2D eigenvalue weighted by Gasteiger charge is -2.24. The van der Waals surface area contributed by atoms with E-state index in [9.17, 15) is 9.00 Å². The van der Waals surface area contributed by atoms with E-state index in [0.717, 1.165) is 0 Å². The molecule has 1 saturated heterocycles. The van der Waals surface area contributed by atoms with Gasteiger partial charge >= 0.3 is 6.03 Å². The molecule has 0 aromatic rings. The normalized spacial score (nSPS) is 18.5. The van der Waals surface area contributed by atoms with Gasteiger partial charge in [-0.1, -0.05) is 0 Å². The minimum absolute atomic E-state index is 0.390. The summed E-state index contributed by atoms with van der Waals surface area (Å²) in [7, 11) is -2.33. The molecule has 76 valence electrons. The molecule has 1 fully saturated rings. The predicted octanol–water partition coefficient (Wildman–Crippen LogP) is 0.166. The first-order chi connectivity index (χ1) is 5.99. The Bertz CT molecular complexity index is 293. The lowest BCUT2D eigenvalue weighted by molar-refractivity contribution is 0.0556. The number of carbonyl (C=O) groups is 1. The summed E-state index contributed by atoms with van der Waals surface area (Å²) in [5.41, 5.74) is 0. The second-order valence-corrected chi connectivity index (χ2v) is 5.70. The van der Waals surface area contributed by atoms with Crippen molar-refractivity contribution in [1.82, 2.24) is 4.90 Å². The summed E-state index contributed by atoms with van der Waals surface area (Å²) in [6.45, 7) is 2.15. The number of hydrogen-bond acceptors (Lipinski definition) is 3. The van der Waals surface area contributed by atoms with Gasteiger partial charge < -0.3 is 9.64 Å². The fourth-order valence-corrected chi connectivity index (χ4v) is 1.49. The first kappa shape index (κ1) is 10.5. The van der Waals surface area contributed by atoms with Crippen molar-refractivity contribution in [3.63, 3.8) is 0 Å². The molecule has 0 saturated carbocycles. The maximum absolute atomic E-state index is 11.3. The van der Waals surface area contributed by atoms with Crippen molar-refractivity contribution in [2.75, 3.05) is 38.8 Å². The van der Waals surface area contributed by atoms with E-state index < -0.39 is 15.8 Å². The second kappa shape index (κ2) is 4.06. The van der Waals surface area contributed by atoms with E-state index in [0.29, 0.717) is 26.3 Å². The third-order valence-corrected chi connectivity index (χ3v) is 2.18. The quantitative estimate of drug-likeness (QED) is 0.567. The minimum atomic E-state index is -2.33. The molecule has 1 heterocycles. The maximum Gasteiger partial charge on any atom is 0.351 e. The first-order valence-electron chi connectivity index (χ1n) is 4.03. The van der Waals surface area contributed by atoms with Crippen LogP contribution < -0.4 is 0 Å². The van der Waals surface area contributed by atoms with Gasteiger partial charge in [0.15, 0.2) is 0 Å². The average molecular weight is 206 g/mol. The molecule has 0 bridgehead atoms. The molecule has 13 heavy (non-hydrogen) atoms. The van der Waals surface area contributed by atoms with Crippen molar-refractivity contribution >= 4 is 15.8 Å². The largest absolute Gasteiger partial charge is 0.378 e. The number of rotatable bonds is 0. The zero-order valence-corrected chi connectivity index (χ0v) is 8.67. The molecular weight excluding hydrogens is 192 g/mol. The SMILES string of the molecule is CS(C)(=O)=NC(=O)N1CCOCC1. The summed E-state index contributed by atoms with van der Waals surface area (Å²) in [6, 6.07) is -0.390. The van der Waals surface area contributed by atoms with Crippen molar-refractivity contribution in [2.45, 2.75) is 0 Å². The molecule has 0 aromatic carbocycles. The van der Waals surface area contributed by atoms with E-state index in [-0.39, 0.29) is 0 Å². The number of urea groups is 1. The van der Waals surface area contributed by atoms with Gasteiger partial charge in [0.05, 0.1) is 22.9 Å². The Labute approximate surface area is 78.2 Å². The van der Waals surface area contributed by atoms with Crippen LogP contribution in [-0.4, -0.2) is 54.0 Å². The predicted molar refractivity (Wildman–Crippen MR) is 50.2 cm³/mol. The number of ether oxygens (including phenoxy) is 1. The lowest BCUT2D eigenvalue weighted by Crippen LogP contribution is -2.39. The topological polar surface area (TPSA) is 59.0 Å². The highest BCUT2D eigenvalue weighted by atomic mass is 32.2. The molecule has 0 aromatic heterocycles. The van der Waals surface area contributed by atoms with Gasteiger partial charge in [0, 0.05) is 25.6 Å². The van der Waals surface area contributed by atoms with Crippen molar-refractivity contribution in [1.29, 1.82) is 0 Å². The molecule has 1 aliphatic rings. The van der Waals surface area contributed by atoms with Gasteiger partial charge in [-0.05, 0) is 0 Å². The lowest BCUT2D eigenvalue weighted by atomic mass is 10.4. The van der Waals surface area contributed by atoms with Crippen molar-refractivity contribution < 1.29 is 13.7 Å². The summed E-state index contributed by atoms with van der Waals surface area (Å²) < 4.78 is 19.9. The molecule has 0 radical (unpaired) electrons. The van der Waals surface area contributed by atoms with Crippen LogP contribution in [0.15, 0.2) is 4.36 Å². The van der Waals surface area contributed by atoms with Gasteiger partial charge in [0.2, 0.25) is 0 Å². The Morgan fingerprint density at radius 2 is 1.92 bits per heavy atom. The number of nitrogens with zero attached hydrogens (tertiary/aromatic N) is 2. The molecule has 6 heteroatoms. The van der Waals surface area contributed by atoms with Crippen LogP contribution in [0.4, 0.5) is 4.79 Å². The summed E-state index contributed by atoms with van der Waals surface area (Å²) in [5, 5.41) is 0. The second-order valence-electron chi connectivity index (χ2n) is 3.15. The Hall–Kier alpha value is -0.620. The number of amides is 2. The molecule has 0 aliphatic carbocycles. The van der Waals surface area contributed by atoms with Gasteiger partial charge in [-0.3, -0.25) is 0 Å². The highest BCUT2D eigenvalue weighted by Crippen LogP contribution is 2.01. The van der Waals surface area contributed by atoms with Crippen LogP contribution in [0.2, 0.25) is 0 Å². The van der Waals surface area contributed by atoms with Crippen molar-refractivity contribution in [3.8, 4) is 0 Å². The Morgan fingerprint density at radius 3 is 2.38 bits per heavy atom. The summed E-state index contributed by atoms with van der Waals surface area (Å²) in [4.78, 5) is 12.9. The van der Waals surface area contributed by atoms with Gasteiger partial charge in [-0.15, -0.1) is 4.36 Å². The van der Waals surface area contributed by atoms with Crippen molar-refractivity contribution in [3.05, 3.63) is 0 Å². The highest BCUT2D eigenvalue weighted by Gasteiger charge is 2.16. The number of morpholine rings is 1. The van der Waals surface area contributed by atoms with E-state index in [1.807, 2.05) is 0 Å². The molecule has 2 amide bonds. The van der Waals surface area contributed by atoms with Crippen LogP contribution in [0.3, 0.4) is 0 Å². The van der Waals surface area contributed by atoms with E-state index in [2.05, 4.69) is 4.36 Å². The highest BCUT2D eigenvalue weighted by molar-refractivity contribution is 7.92. The molecule has 1 rings (SSSR count). The van der Waals surface area contributed by atoms with Crippen molar-refractivity contribution in [2.24, 2.45) is 4.36 Å². The maximum atomic E-state index is 11.3. The monoisotopic (exact) mass is 206 g/mol. The third-order valence-electron chi connectivity index (χ3n) is 1.58. The Kier molecular flexibility index (Phi) is 3.27. The fraction of sp³-hybridized carbons (Fsp3) is 0.857. The van der Waals surface area contributed by atoms with Crippen LogP contribution in [0.5, 0.6) is 0 Å². The van der Waals surface area contributed by atoms with Gasteiger partial charge in [0.25, 0.3) is 0 Å². The van der Waals surface area contributed by atoms with Gasteiger partial charge in [0.1, 0.15) is 0 Å². The van der Waals surface area contributed by atoms with Crippen LogP contribution >= 0.6 is 0 Å². The van der Waals surface area contributed by atoms with Crippen LogP contribution in [0, 0.1) is 0 Å². The zero-order chi connectivity index (χ0) is 9.90. The molecular formula is C7H14N2O3S. The minimum Gasteiger partial charge on any atom is -0.378 e.